The van der Waals surface area contributed by atoms with Crippen LogP contribution in [0.2, 0.25) is 0 Å². The first-order valence-corrected chi connectivity index (χ1v) is 17.5. The zero-order valence-corrected chi connectivity index (χ0v) is 28.5. The second-order valence-electron chi connectivity index (χ2n) is 13.4. The topological polar surface area (TPSA) is 125 Å². The van der Waals surface area contributed by atoms with Gasteiger partial charge >= 0.3 is 5.97 Å². The van der Waals surface area contributed by atoms with Gasteiger partial charge < -0.3 is 25.4 Å². The lowest BCUT2D eigenvalue weighted by molar-refractivity contribution is -0.148. The van der Waals surface area contributed by atoms with Gasteiger partial charge in [0.2, 0.25) is 5.91 Å². The molecule has 0 spiro atoms. The summed E-state index contributed by atoms with van der Waals surface area (Å²) < 4.78 is 4.70. The fraction of sp³-hybridized carbons (Fsp3) is 0.333. The lowest BCUT2D eigenvalue weighted by Crippen LogP contribution is -2.60. The Hall–Kier alpha value is -4.67. The number of carbonyl (C=O) groups excluding carboxylic acids is 4. The van der Waals surface area contributed by atoms with Crippen molar-refractivity contribution in [2.24, 2.45) is 0 Å². The van der Waals surface area contributed by atoms with Crippen LogP contribution in [-0.2, 0) is 20.8 Å². The number of aryl methyl sites for hydroxylation is 1. The van der Waals surface area contributed by atoms with Crippen molar-refractivity contribution in [3.8, 4) is 5.75 Å². The SMILES string of the molecule is C=CC(=O)Oc1cccc(C(=O)NC2([C@H](O)C(=O)N3CSC(C)(C)[C@H]3C(=O)N[C@H]3CCCc4ccccc43)CC2c2ccccc2)c1C=C. The fourth-order valence-corrected chi connectivity index (χ4v) is 8.44. The van der Waals surface area contributed by atoms with E-state index in [0.717, 1.165) is 36.5 Å². The summed E-state index contributed by atoms with van der Waals surface area (Å²) in [7, 11) is 0. The Kier molecular flexibility index (Phi) is 9.55. The second-order valence-corrected chi connectivity index (χ2v) is 14.9. The highest BCUT2D eigenvalue weighted by molar-refractivity contribution is 8.00. The average molecular weight is 680 g/mol. The van der Waals surface area contributed by atoms with E-state index >= 15 is 0 Å². The third kappa shape index (κ3) is 6.55. The van der Waals surface area contributed by atoms with Gasteiger partial charge in [-0.2, -0.15) is 0 Å². The van der Waals surface area contributed by atoms with Gasteiger partial charge in [0.1, 0.15) is 11.8 Å². The number of rotatable bonds is 10. The second kappa shape index (κ2) is 13.7. The lowest BCUT2D eigenvalue weighted by Gasteiger charge is -2.35. The number of thioether (sulfide) groups is 1. The molecule has 2 unspecified atom stereocenters. The summed E-state index contributed by atoms with van der Waals surface area (Å²) >= 11 is 1.48. The van der Waals surface area contributed by atoms with Crippen molar-refractivity contribution < 1.29 is 29.0 Å². The van der Waals surface area contributed by atoms with Gasteiger partial charge in [0.15, 0.2) is 6.10 Å². The van der Waals surface area contributed by atoms with Gasteiger partial charge in [-0.1, -0.05) is 79.9 Å². The number of esters is 1. The van der Waals surface area contributed by atoms with Gasteiger partial charge in [0, 0.05) is 22.3 Å². The molecule has 10 heteroatoms. The summed E-state index contributed by atoms with van der Waals surface area (Å²) in [5, 5.41) is 18.2. The van der Waals surface area contributed by atoms with Crippen LogP contribution in [0.5, 0.6) is 5.75 Å². The van der Waals surface area contributed by atoms with E-state index in [1.165, 1.54) is 34.4 Å². The minimum absolute atomic E-state index is 0.124. The molecule has 9 nitrogen and oxygen atoms in total. The highest BCUT2D eigenvalue weighted by Crippen LogP contribution is 2.55. The first-order valence-electron chi connectivity index (χ1n) is 16.5. The molecule has 0 aromatic heterocycles. The third-order valence-corrected chi connectivity index (χ3v) is 11.3. The van der Waals surface area contributed by atoms with Crippen LogP contribution in [0.3, 0.4) is 0 Å². The molecule has 2 aliphatic carbocycles. The molecule has 3 aromatic carbocycles. The number of fused-ring (bicyclic) bond motifs is 1. The molecule has 1 saturated heterocycles. The predicted octanol–water partition coefficient (Wildman–Crippen LogP) is 5.31. The van der Waals surface area contributed by atoms with Crippen LogP contribution in [0.1, 0.15) is 77.7 Å². The van der Waals surface area contributed by atoms with E-state index in [2.05, 4.69) is 29.9 Å². The average Bonchev–Trinajstić information content (AvgIpc) is 3.74. The Labute approximate surface area is 290 Å². The Morgan fingerprint density at radius 1 is 1.02 bits per heavy atom. The molecule has 1 heterocycles. The van der Waals surface area contributed by atoms with Gasteiger partial charge in [-0.25, -0.2) is 4.79 Å². The molecule has 6 rings (SSSR count). The van der Waals surface area contributed by atoms with E-state index in [1.54, 1.807) is 12.1 Å². The van der Waals surface area contributed by atoms with Gasteiger partial charge in [0.05, 0.1) is 23.0 Å². The quantitative estimate of drug-likeness (QED) is 0.151. The van der Waals surface area contributed by atoms with Crippen molar-refractivity contribution >= 4 is 41.5 Å². The molecular weight excluding hydrogens is 639 g/mol. The van der Waals surface area contributed by atoms with E-state index in [9.17, 15) is 24.3 Å². The van der Waals surface area contributed by atoms with Crippen LogP contribution in [0.15, 0.2) is 92.0 Å². The zero-order valence-electron chi connectivity index (χ0n) is 27.7. The number of ether oxygens (including phenoxy) is 1. The Morgan fingerprint density at radius 2 is 1.76 bits per heavy atom. The molecule has 3 N–H and O–H groups in total. The summed E-state index contributed by atoms with van der Waals surface area (Å²) in [6.07, 6.45) is 3.77. The number of amides is 3. The molecule has 0 bridgehead atoms. The number of nitrogens with one attached hydrogen (secondary N) is 2. The van der Waals surface area contributed by atoms with E-state index in [1.807, 2.05) is 62.4 Å². The highest BCUT2D eigenvalue weighted by Gasteiger charge is 2.64. The summed E-state index contributed by atoms with van der Waals surface area (Å²) in [6.45, 7) is 11.1. The molecule has 49 heavy (non-hydrogen) atoms. The molecule has 3 amide bonds. The van der Waals surface area contributed by atoms with Crippen molar-refractivity contribution in [1.82, 2.24) is 15.5 Å². The maximum atomic E-state index is 14.4. The van der Waals surface area contributed by atoms with Crippen LogP contribution < -0.4 is 15.4 Å². The van der Waals surface area contributed by atoms with E-state index < -0.39 is 40.2 Å². The molecule has 3 aromatic rings. The normalized spacial score (nSPS) is 24.1. The standard InChI is InChI=1S/C39H41N3O6S/c1-5-26-28(19-13-21-31(26)48-32(43)6-2)35(45)41-39(22-29(39)25-15-8-7-9-16-25)34(44)37(47)42-23-49-38(3,4)33(42)36(46)40-30-20-12-17-24-14-10-11-18-27(24)30/h5-11,13-16,18-19,21,29-30,33-34,44H,1-2,12,17,20,22-23H2,3-4H3,(H,40,46)(H,41,45)/t29?,30-,33+,34+,39?/m0/s1. The predicted molar refractivity (Wildman–Crippen MR) is 190 cm³/mol. The molecule has 0 radical (unpaired) electrons. The van der Waals surface area contributed by atoms with E-state index in [0.29, 0.717) is 6.42 Å². The molecule has 5 atom stereocenters. The van der Waals surface area contributed by atoms with Crippen LogP contribution in [0.25, 0.3) is 6.08 Å². The first-order chi connectivity index (χ1) is 23.5. The fourth-order valence-electron chi connectivity index (χ4n) is 7.30. The maximum Gasteiger partial charge on any atom is 0.335 e. The molecule has 3 aliphatic rings. The smallest absolute Gasteiger partial charge is 0.335 e. The van der Waals surface area contributed by atoms with Crippen LogP contribution in [-0.4, -0.2) is 62.0 Å². The van der Waals surface area contributed by atoms with Gasteiger partial charge in [-0.15, -0.1) is 11.8 Å². The Balaban J connectivity index is 1.28. The minimum atomic E-state index is -1.66. The van der Waals surface area contributed by atoms with Gasteiger partial charge in [0.25, 0.3) is 11.8 Å². The number of nitrogens with zero attached hydrogens (tertiary/aromatic N) is 1. The number of hydrogen-bond donors (Lipinski definition) is 3. The number of aliphatic hydroxyl groups excluding tert-OH is 1. The van der Waals surface area contributed by atoms with Crippen molar-refractivity contribution in [1.29, 1.82) is 0 Å². The van der Waals surface area contributed by atoms with Crippen LogP contribution in [0, 0.1) is 0 Å². The molecule has 2 fully saturated rings. The molecule has 254 valence electrons. The molecular formula is C39H41N3O6S. The lowest BCUT2D eigenvalue weighted by atomic mass is 9.87. The summed E-state index contributed by atoms with van der Waals surface area (Å²) in [5.74, 6) is -2.20. The number of aliphatic hydroxyl groups is 1. The third-order valence-electron chi connectivity index (χ3n) is 9.93. The molecule has 1 saturated carbocycles. The van der Waals surface area contributed by atoms with Crippen LogP contribution in [0.4, 0.5) is 0 Å². The van der Waals surface area contributed by atoms with Crippen molar-refractivity contribution in [3.05, 3.63) is 120 Å². The summed E-state index contributed by atoms with van der Waals surface area (Å²) in [5.41, 5.74) is 2.24. The Morgan fingerprint density at radius 3 is 2.49 bits per heavy atom. The van der Waals surface area contributed by atoms with E-state index in [4.69, 9.17) is 4.74 Å². The first kappa shape index (κ1) is 34.2. The number of carbonyl (C=O) groups is 4. The maximum absolute atomic E-state index is 14.4. The zero-order chi connectivity index (χ0) is 34.9. The number of hydrogen-bond acceptors (Lipinski definition) is 7. The number of benzene rings is 3. The Bertz CT molecular complexity index is 1810. The minimum Gasteiger partial charge on any atom is -0.423 e. The van der Waals surface area contributed by atoms with Crippen molar-refractivity contribution in [2.75, 3.05) is 5.88 Å². The largest absolute Gasteiger partial charge is 0.423 e. The summed E-state index contributed by atoms with van der Waals surface area (Å²) in [6, 6.07) is 21.2. The van der Waals surface area contributed by atoms with E-state index in [-0.39, 0.29) is 40.6 Å². The van der Waals surface area contributed by atoms with Crippen molar-refractivity contribution in [3.63, 3.8) is 0 Å². The van der Waals surface area contributed by atoms with Crippen molar-refractivity contribution in [2.45, 2.75) is 73.9 Å². The molecule has 1 aliphatic heterocycles. The highest BCUT2D eigenvalue weighted by atomic mass is 32.2. The monoisotopic (exact) mass is 679 g/mol. The van der Waals surface area contributed by atoms with Gasteiger partial charge in [-0.05, 0) is 68.4 Å². The summed E-state index contributed by atoms with van der Waals surface area (Å²) in [4.78, 5) is 55.9. The van der Waals surface area contributed by atoms with Crippen LogP contribution >= 0.6 is 11.8 Å². The van der Waals surface area contributed by atoms with Gasteiger partial charge in [-0.3, -0.25) is 14.4 Å².